The first-order valence-corrected chi connectivity index (χ1v) is 6.48. The average molecular weight is 309 g/mol. The minimum atomic E-state index is -1.79. The summed E-state index contributed by atoms with van der Waals surface area (Å²) in [5, 5.41) is 47.4. The predicted molar refractivity (Wildman–Crippen MR) is 70.2 cm³/mol. The van der Waals surface area contributed by atoms with E-state index in [4.69, 9.17) is 19.8 Å². The number of carboxylic acid groups (broad SMARTS) is 1. The van der Waals surface area contributed by atoms with E-state index in [0.29, 0.717) is 5.56 Å². The van der Waals surface area contributed by atoms with E-state index in [1.54, 1.807) is 30.3 Å². The number of hydrogen-bond donors (Lipinski definition) is 4. The molecule has 0 aliphatic carbocycles. The second-order valence-electron chi connectivity index (χ2n) is 4.79. The van der Waals surface area contributed by atoms with E-state index >= 15 is 0 Å². The number of carboxylic acids is 1. The molecular weight excluding hydrogens is 294 g/mol. The lowest BCUT2D eigenvalue weighted by Crippen LogP contribution is -2.60. The zero-order chi connectivity index (χ0) is 16.3. The number of aliphatic hydroxyl groups excluding tert-OH is 3. The van der Waals surface area contributed by atoms with E-state index in [1.165, 1.54) is 0 Å². The molecule has 8 heteroatoms. The van der Waals surface area contributed by atoms with Crippen LogP contribution >= 0.6 is 0 Å². The molecule has 1 aliphatic heterocycles. The van der Waals surface area contributed by atoms with Crippen molar-refractivity contribution < 1.29 is 34.7 Å². The maximum Gasteiger partial charge on any atom is 0.335 e. The topological polar surface area (TPSA) is 140 Å². The molecule has 0 spiro atoms. The quantitative estimate of drug-likeness (QED) is 0.564. The van der Waals surface area contributed by atoms with Gasteiger partial charge >= 0.3 is 5.97 Å². The first kappa shape index (κ1) is 16.4. The Hall–Kier alpha value is -2.02. The number of hydrogen-bond acceptors (Lipinski definition) is 7. The lowest BCUT2D eigenvalue weighted by Gasteiger charge is -2.39. The summed E-state index contributed by atoms with van der Waals surface area (Å²) in [6.07, 6.45) is -9.66. The highest BCUT2D eigenvalue weighted by Gasteiger charge is 2.48. The standard InChI is InChI=1S/C14H15NO7/c15-6-8(7-4-2-1-3-5-7)21-12-10(17)9(16)11(13(18)19)22-14(12)20/h1-5,8-12,14,16-17,20H,(H,18,19)/t8?,9-,10-,11-,12+,14+/m0/s1. The average Bonchev–Trinajstić information content (AvgIpc) is 2.51. The zero-order valence-corrected chi connectivity index (χ0v) is 11.3. The molecule has 8 nitrogen and oxygen atoms in total. The molecule has 0 aromatic heterocycles. The first-order valence-electron chi connectivity index (χ1n) is 6.48. The molecule has 1 aromatic rings. The number of aliphatic hydroxyl groups is 3. The van der Waals surface area contributed by atoms with E-state index in [2.05, 4.69) is 0 Å². The molecule has 6 atom stereocenters. The van der Waals surface area contributed by atoms with Crippen molar-refractivity contribution in [1.29, 1.82) is 5.26 Å². The van der Waals surface area contributed by atoms with Crippen molar-refractivity contribution in [2.45, 2.75) is 36.8 Å². The zero-order valence-electron chi connectivity index (χ0n) is 11.3. The van der Waals surface area contributed by atoms with Gasteiger partial charge in [0.05, 0.1) is 6.07 Å². The highest BCUT2D eigenvalue weighted by atomic mass is 16.7. The molecule has 1 heterocycles. The molecule has 0 amide bonds. The lowest BCUT2D eigenvalue weighted by atomic mass is 9.98. The van der Waals surface area contributed by atoms with Crippen molar-refractivity contribution in [2.24, 2.45) is 0 Å². The molecule has 1 fully saturated rings. The van der Waals surface area contributed by atoms with Crippen LogP contribution in [-0.4, -0.2) is 57.1 Å². The summed E-state index contributed by atoms with van der Waals surface area (Å²) in [7, 11) is 0. The molecule has 1 saturated heterocycles. The lowest BCUT2D eigenvalue weighted by molar-refractivity contribution is -0.294. The Bertz CT molecular complexity index is 558. The van der Waals surface area contributed by atoms with Crippen molar-refractivity contribution in [3.05, 3.63) is 35.9 Å². The fourth-order valence-corrected chi connectivity index (χ4v) is 2.17. The van der Waals surface area contributed by atoms with Crippen LogP contribution in [0.1, 0.15) is 11.7 Å². The van der Waals surface area contributed by atoms with Gasteiger partial charge in [-0.25, -0.2) is 4.79 Å². The molecule has 2 rings (SSSR count). The van der Waals surface area contributed by atoms with Gasteiger partial charge in [0.25, 0.3) is 0 Å². The van der Waals surface area contributed by atoms with Crippen LogP contribution in [0.4, 0.5) is 0 Å². The summed E-state index contributed by atoms with van der Waals surface area (Å²) in [5.41, 5.74) is 0.485. The van der Waals surface area contributed by atoms with Gasteiger partial charge in [0.2, 0.25) is 0 Å². The summed E-state index contributed by atoms with van der Waals surface area (Å²) in [4.78, 5) is 10.9. The second-order valence-corrected chi connectivity index (χ2v) is 4.79. The number of ether oxygens (including phenoxy) is 2. The Morgan fingerprint density at radius 2 is 1.86 bits per heavy atom. The fraction of sp³-hybridized carbons (Fsp3) is 0.429. The van der Waals surface area contributed by atoms with Crippen LogP contribution in [0.3, 0.4) is 0 Å². The van der Waals surface area contributed by atoms with E-state index in [-0.39, 0.29) is 0 Å². The number of aliphatic carboxylic acids is 1. The fourth-order valence-electron chi connectivity index (χ4n) is 2.17. The van der Waals surface area contributed by atoms with E-state index < -0.39 is 42.8 Å². The Labute approximate surface area is 125 Å². The Balaban J connectivity index is 2.15. The van der Waals surface area contributed by atoms with Crippen LogP contribution in [0.15, 0.2) is 30.3 Å². The predicted octanol–water partition coefficient (Wildman–Crippen LogP) is -0.840. The van der Waals surface area contributed by atoms with Crippen LogP contribution in [0.2, 0.25) is 0 Å². The van der Waals surface area contributed by atoms with Gasteiger partial charge in [-0.1, -0.05) is 30.3 Å². The van der Waals surface area contributed by atoms with Crippen molar-refractivity contribution in [3.63, 3.8) is 0 Å². The van der Waals surface area contributed by atoms with Gasteiger partial charge in [-0.2, -0.15) is 5.26 Å². The SMILES string of the molecule is N#CC(O[C@@H]1[C@@H](O)[C@H](O)[C@@H](C(=O)O)O[C@H]1O)c1ccccc1. The molecule has 1 aromatic carbocycles. The minimum Gasteiger partial charge on any atom is -0.479 e. The van der Waals surface area contributed by atoms with Crippen LogP contribution in [0, 0.1) is 11.3 Å². The maximum absolute atomic E-state index is 10.9. The molecule has 118 valence electrons. The molecule has 1 unspecified atom stereocenters. The molecule has 0 bridgehead atoms. The van der Waals surface area contributed by atoms with E-state index in [9.17, 15) is 20.1 Å². The summed E-state index contributed by atoms with van der Waals surface area (Å²) in [5.74, 6) is -1.52. The molecule has 0 saturated carbocycles. The minimum absolute atomic E-state index is 0.485. The van der Waals surface area contributed by atoms with Crippen LogP contribution in [0.25, 0.3) is 0 Å². The van der Waals surface area contributed by atoms with Gasteiger partial charge in [0.15, 0.2) is 18.5 Å². The van der Waals surface area contributed by atoms with Crippen molar-refractivity contribution in [2.75, 3.05) is 0 Å². The molecule has 4 N–H and O–H groups in total. The summed E-state index contributed by atoms with van der Waals surface area (Å²) in [6.45, 7) is 0. The number of benzene rings is 1. The normalized spacial score (nSPS) is 32.9. The van der Waals surface area contributed by atoms with Crippen LogP contribution in [-0.2, 0) is 14.3 Å². The number of carbonyl (C=O) groups is 1. The third-order valence-electron chi connectivity index (χ3n) is 3.32. The third kappa shape index (κ3) is 3.24. The Kier molecular flexibility index (Phi) is 5.07. The number of nitriles is 1. The second kappa shape index (κ2) is 6.83. The smallest absolute Gasteiger partial charge is 0.335 e. The molecular formula is C14H15NO7. The van der Waals surface area contributed by atoms with Gasteiger partial charge in [0.1, 0.15) is 18.3 Å². The van der Waals surface area contributed by atoms with Crippen molar-refractivity contribution in [3.8, 4) is 6.07 Å². The van der Waals surface area contributed by atoms with Gasteiger partial charge in [-0.15, -0.1) is 0 Å². The molecule has 0 radical (unpaired) electrons. The summed E-state index contributed by atoms with van der Waals surface area (Å²) in [6, 6.07) is 10.2. The molecule has 22 heavy (non-hydrogen) atoms. The Morgan fingerprint density at radius 1 is 1.23 bits per heavy atom. The van der Waals surface area contributed by atoms with Crippen molar-refractivity contribution in [1.82, 2.24) is 0 Å². The van der Waals surface area contributed by atoms with E-state index in [1.807, 2.05) is 6.07 Å². The summed E-state index contributed by atoms with van der Waals surface area (Å²) < 4.78 is 10.0. The highest BCUT2D eigenvalue weighted by Crippen LogP contribution is 2.27. The summed E-state index contributed by atoms with van der Waals surface area (Å²) >= 11 is 0. The number of rotatable bonds is 4. The highest BCUT2D eigenvalue weighted by molar-refractivity contribution is 5.73. The maximum atomic E-state index is 10.9. The number of nitrogens with zero attached hydrogens (tertiary/aromatic N) is 1. The largest absolute Gasteiger partial charge is 0.479 e. The monoisotopic (exact) mass is 309 g/mol. The van der Waals surface area contributed by atoms with Crippen LogP contribution in [0.5, 0.6) is 0 Å². The first-order chi connectivity index (χ1) is 10.5. The van der Waals surface area contributed by atoms with Gasteiger partial charge in [-0.3, -0.25) is 0 Å². The third-order valence-corrected chi connectivity index (χ3v) is 3.32. The van der Waals surface area contributed by atoms with Crippen molar-refractivity contribution >= 4 is 5.97 Å². The Morgan fingerprint density at radius 3 is 2.41 bits per heavy atom. The molecule has 1 aliphatic rings. The van der Waals surface area contributed by atoms with Crippen LogP contribution < -0.4 is 0 Å². The van der Waals surface area contributed by atoms with E-state index in [0.717, 1.165) is 0 Å². The van der Waals surface area contributed by atoms with Gasteiger partial charge < -0.3 is 29.9 Å². The van der Waals surface area contributed by atoms with Gasteiger partial charge in [-0.05, 0) is 5.56 Å². The van der Waals surface area contributed by atoms with Gasteiger partial charge in [0, 0.05) is 0 Å².